The van der Waals surface area contributed by atoms with Crippen LogP contribution in [0, 0.1) is 5.82 Å². The lowest BCUT2D eigenvalue weighted by Gasteiger charge is -2.07. The Kier molecular flexibility index (Phi) is 6.44. The highest BCUT2D eigenvalue weighted by molar-refractivity contribution is 6.31. The van der Waals surface area contributed by atoms with Crippen LogP contribution in [0.3, 0.4) is 0 Å². The number of carbonyl (C=O) groups is 1. The van der Waals surface area contributed by atoms with Gasteiger partial charge < -0.3 is 10.1 Å². The number of nitrogens with zero attached hydrogens (tertiary/aromatic N) is 2. The van der Waals surface area contributed by atoms with E-state index in [1.54, 1.807) is 29.1 Å². The van der Waals surface area contributed by atoms with Crippen molar-refractivity contribution in [3.05, 3.63) is 77.2 Å². The van der Waals surface area contributed by atoms with E-state index >= 15 is 0 Å². The molecule has 1 aromatic heterocycles. The predicted octanol–water partition coefficient (Wildman–Crippen LogP) is 3.79. The number of halogens is 2. The number of ether oxygens (including phenoxy) is 1. The van der Waals surface area contributed by atoms with Crippen LogP contribution >= 0.6 is 11.6 Å². The van der Waals surface area contributed by atoms with E-state index in [0.717, 1.165) is 5.69 Å². The summed E-state index contributed by atoms with van der Waals surface area (Å²) in [5.41, 5.74) is 1.48. The van der Waals surface area contributed by atoms with E-state index in [2.05, 4.69) is 10.4 Å². The molecule has 0 bridgehead atoms. The zero-order valence-corrected chi connectivity index (χ0v) is 15.3. The first-order valence-electron chi connectivity index (χ1n) is 8.57. The molecular formula is C20H19ClFN3O2. The number of hydrogen-bond acceptors (Lipinski definition) is 3. The summed E-state index contributed by atoms with van der Waals surface area (Å²) in [5, 5.41) is 7.30. The Morgan fingerprint density at radius 1 is 1.15 bits per heavy atom. The Balaban J connectivity index is 1.43. The second-order valence-corrected chi connectivity index (χ2v) is 6.30. The van der Waals surface area contributed by atoms with Gasteiger partial charge in [0.1, 0.15) is 10.8 Å². The van der Waals surface area contributed by atoms with Crippen LogP contribution in [-0.2, 0) is 11.2 Å². The number of aryl methyl sites for hydroxylation is 1. The third kappa shape index (κ3) is 5.31. The maximum absolute atomic E-state index is 13.5. The van der Waals surface area contributed by atoms with Crippen molar-refractivity contribution in [2.24, 2.45) is 0 Å². The summed E-state index contributed by atoms with van der Waals surface area (Å²) in [6, 6.07) is 16.1. The maximum Gasteiger partial charge on any atom is 0.258 e. The van der Waals surface area contributed by atoms with E-state index in [1.165, 1.54) is 6.07 Å². The van der Waals surface area contributed by atoms with E-state index in [-0.39, 0.29) is 24.2 Å². The highest BCUT2D eigenvalue weighted by atomic mass is 35.5. The van der Waals surface area contributed by atoms with Crippen molar-refractivity contribution in [1.29, 1.82) is 0 Å². The largest absolute Gasteiger partial charge is 0.465 e. The van der Waals surface area contributed by atoms with Crippen LogP contribution in [0.2, 0.25) is 5.02 Å². The minimum atomic E-state index is -0.283. The van der Waals surface area contributed by atoms with Crippen molar-refractivity contribution < 1.29 is 13.9 Å². The first-order chi connectivity index (χ1) is 13.1. The molecule has 1 heterocycles. The lowest BCUT2D eigenvalue weighted by Crippen LogP contribution is -2.30. The van der Waals surface area contributed by atoms with Gasteiger partial charge in [-0.25, -0.2) is 9.07 Å². The van der Waals surface area contributed by atoms with Gasteiger partial charge in [-0.2, -0.15) is 0 Å². The van der Waals surface area contributed by atoms with E-state index in [1.807, 2.05) is 30.3 Å². The number of carbonyl (C=O) groups excluding carboxylic acids is 1. The van der Waals surface area contributed by atoms with Gasteiger partial charge in [-0.1, -0.05) is 48.0 Å². The number of nitrogens with one attached hydrogen (secondary N) is 1. The van der Waals surface area contributed by atoms with Crippen LogP contribution in [0.4, 0.5) is 4.39 Å². The van der Waals surface area contributed by atoms with Crippen molar-refractivity contribution in [1.82, 2.24) is 15.1 Å². The maximum atomic E-state index is 13.5. The van der Waals surface area contributed by atoms with Crippen molar-refractivity contribution in [3.63, 3.8) is 0 Å². The average molecular weight is 388 g/mol. The molecule has 1 N–H and O–H groups in total. The van der Waals surface area contributed by atoms with Crippen LogP contribution in [0.5, 0.6) is 5.88 Å². The minimum Gasteiger partial charge on any atom is -0.465 e. The fourth-order valence-electron chi connectivity index (χ4n) is 2.54. The van der Waals surface area contributed by atoms with E-state index in [9.17, 15) is 9.18 Å². The molecule has 0 radical (unpaired) electrons. The molecule has 0 atom stereocenters. The summed E-state index contributed by atoms with van der Waals surface area (Å²) in [6.07, 6.45) is 2.82. The van der Waals surface area contributed by atoms with Crippen molar-refractivity contribution in [3.8, 4) is 11.6 Å². The Bertz CT molecular complexity index is 899. The molecule has 140 valence electrons. The zero-order chi connectivity index (χ0) is 19.1. The molecular weight excluding hydrogens is 369 g/mol. The molecule has 0 spiro atoms. The van der Waals surface area contributed by atoms with Crippen LogP contribution in [0.25, 0.3) is 5.69 Å². The van der Waals surface area contributed by atoms with Gasteiger partial charge in [-0.15, -0.1) is 5.10 Å². The lowest BCUT2D eigenvalue weighted by molar-refractivity contribution is -0.123. The fourth-order valence-corrected chi connectivity index (χ4v) is 2.73. The fraction of sp³-hybridized carbons (Fsp3) is 0.200. The average Bonchev–Trinajstić information content (AvgIpc) is 3.06. The number of benzene rings is 2. The molecule has 0 aliphatic carbocycles. The van der Waals surface area contributed by atoms with E-state index < -0.39 is 0 Å². The Labute approximate surface area is 161 Å². The highest BCUT2D eigenvalue weighted by Gasteiger charge is 2.11. The van der Waals surface area contributed by atoms with Gasteiger partial charge in [0, 0.05) is 6.54 Å². The molecule has 0 unspecified atom stereocenters. The summed E-state index contributed by atoms with van der Waals surface area (Å²) in [7, 11) is 0. The lowest BCUT2D eigenvalue weighted by atomic mass is 10.1. The van der Waals surface area contributed by atoms with Crippen molar-refractivity contribution >= 4 is 17.5 Å². The SMILES string of the molecule is O=C(COc1nn(-c2ccccc2)cc1Cl)NCCCc1ccccc1F. The molecule has 0 fully saturated rings. The monoisotopic (exact) mass is 387 g/mol. The molecule has 0 aliphatic heterocycles. The predicted molar refractivity (Wildman–Crippen MR) is 102 cm³/mol. The molecule has 3 aromatic rings. The highest BCUT2D eigenvalue weighted by Crippen LogP contribution is 2.23. The van der Waals surface area contributed by atoms with Gasteiger partial charge in [0.25, 0.3) is 11.8 Å². The summed E-state index contributed by atoms with van der Waals surface area (Å²) >= 11 is 6.11. The second-order valence-electron chi connectivity index (χ2n) is 5.90. The smallest absolute Gasteiger partial charge is 0.258 e. The third-order valence-corrected chi connectivity index (χ3v) is 4.16. The number of aromatic nitrogens is 2. The zero-order valence-electron chi connectivity index (χ0n) is 14.6. The molecule has 0 aliphatic rings. The molecule has 0 saturated carbocycles. The van der Waals surface area contributed by atoms with Gasteiger partial charge in [0.15, 0.2) is 6.61 Å². The van der Waals surface area contributed by atoms with Gasteiger partial charge in [-0.3, -0.25) is 4.79 Å². The third-order valence-electron chi connectivity index (χ3n) is 3.90. The number of amides is 1. The van der Waals surface area contributed by atoms with E-state index in [4.69, 9.17) is 16.3 Å². The second kappa shape index (κ2) is 9.19. The first-order valence-corrected chi connectivity index (χ1v) is 8.95. The molecule has 7 heteroatoms. The normalized spacial score (nSPS) is 10.6. The minimum absolute atomic E-state index is 0.189. The quantitative estimate of drug-likeness (QED) is 0.598. The van der Waals surface area contributed by atoms with Crippen LogP contribution < -0.4 is 10.1 Å². The van der Waals surface area contributed by atoms with Crippen molar-refractivity contribution in [2.45, 2.75) is 12.8 Å². The number of para-hydroxylation sites is 1. The molecule has 0 saturated heterocycles. The van der Waals surface area contributed by atoms with Gasteiger partial charge in [0.2, 0.25) is 0 Å². The summed E-state index contributed by atoms with van der Waals surface area (Å²) in [5.74, 6) is -0.313. The first kappa shape index (κ1) is 18.9. The summed E-state index contributed by atoms with van der Waals surface area (Å²) in [6.45, 7) is 0.244. The molecule has 2 aromatic carbocycles. The van der Waals surface area contributed by atoms with Crippen LogP contribution in [0.15, 0.2) is 60.8 Å². The Morgan fingerprint density at radius 3 is 2.67 bits per heavy atom. The van der Waals surface area contributed by atoms with Gasteiger partial charge >= 0.3 is 0 Å². The van der Waals surface area contributed by atoms with Crippen LogP contribution in [-0.4, -0.2) is 28.8 Å². The molecule has 1 amide bonds. The Morgan fingerprint density at radius 2 is 1.89 bits per heavy atom. The topological polar surface area (TPSA) is 56.1 Å². The van der Waals surface area contributed by atoms with Gasteiger partial charge in [0.05, 0.1) is 11.9 Å². The number of hydrogen-bond donors (Lipinski definition) is 1. The summed E-state index contributed by atoms with van der Waals surface area (Å²) in [4.78, 5) is 11.9. The number of rotatable bonds is 8. The standard InChI is InChI=1S/C20H19ClFN3O2/c21-17-13-25(16-9-2-1-3-10-16)24-20(17)27-14-19(26)23-12-6-8-15-7-4-5-11-18(15)22/h1-5,7,9-11,13H,6,8,12,14H2,(H,23,26). The van der Waals surface area contributed by atoms with Gasteiger partial charge in [-0.05, 0) is 36.6 Å². The molecule has 3 rings (SSSR count). The summed E-state index contributed by atoms with van der Waals surface area (Å²) < 4.78 is 20.5. The molecule has 5 nitrogen and oxygen atoms in total. The van der Waals surface area contributed by atoms with E-state index in [0.29, 0.717) is 30.0 Å². The Hall–Kier alpha value is -2.86. The van der Waals surface area contributed by atoms with Crippen LogP contribution in [0.1, 0.15) is 12.0 Å². The van der Waals surface area contributed by atoms with Crippen molar-refractivity contribution in [2.75, 3.05) is 13.2 Å². The molecule has 27 heavy (non-hydrogen) atoms.